The highest BCUT2D eigenvalue weighted by atomic mass is 16.2. The first-order valence-corrected chi connectivity index (χ1v) is 12.0. The Morgan fingerprint density at radius 1 is 0.758 bits per heavy atom. The molecule has 4 heterocycles. The second-order valence-corrected chi connectivity index (χ2v) is 9.38. The topological polar surface area (TPSA) is 52.6 Å². The minimum atomic E-state index is 0.0998. The first-order chi connectivity index (χ1) is 16.2. The smallest absolute Gasteiger partial charge is 0.227 e. The second kappa shape index (κ2) is 8.50. The molecule has 0 radical (unpaired) electrons. The molecule has 168 valence electrons. The zero-order chi connectivity index (χ0) is 22.2. The summed E-state index contributed by atoms with van der Waals surface area (Å²) in [5, 5.41) is 0. The van der Waals surface area contributed by atoms with E-state index in [4.69, 9.17) is 4.98 Å². The average Bonchev–Trinajstić information content (AvgIpc) is 3.33. The lowest BCUT2D eigenvalue weighted by Crippen LogP contribution is -2.44. The van der Waals surface area contributed by atoms with Gasteiger partial charge in [-0.05, 0) is 47.6 Å². The van der Waals surface area contributed by atoms with Crippen LogP contribution in [0, 0.1) is 5.92 Å². The Morgan fingerprint density at radius 2 is 1.39 bits per heavy atom. The van der Waals surface area contributed by atoms with Gasteiger partial charge in [0.25, 0.3) is 0 Å². The number of rotatable bonds is 3. The number of carbonyl (C=O) groups excluding carboxylic acids is 1. The van der Waals surface area contributed by atoms with Crippen LogP contribution < -0.4 is 9.80 Å². The maximum atomic E-state index is 13.2. The first-order valence-electron chi connectivity index (χ1n) is 12.0. The first kappa shape index (κ1) is 20.2. The number of carbonyl (C=O) groups is 1. The van der Waals surface area contributed by atoms with E-state index >= 15 is 0 Å². The van der Waals surface area contributed by atoms with Crippen molar-refractivity contribution in [1.82, 2.24) is 14.9 Å². The molecule has 6 nitrogen and oxygen atoms in total. The van der Waals surface area contributed by atoms with Crippen molar-refractivity contribution in [2.75, 3.05) is 29.4 Å². The molecule has 0 unspecified atom stereocenters. The maximum Gasteiger partial charge on any atom is 0.227 e. The molecule has 0 spiro atoms. The van der Waals surface area contributed by atoms with Crippen LogP contribution in [-0.2, 0) is 30.8 Å². The molecule has 0 atom stereocenters. The molecule has 1 fully saturated rings. The largest absolute Gasteiger partial charge is 0.348 e. The van der Waals surface area contributed by atoms with Gasteiger partial charge in [0, 0.05) is 51.4 Å². The lowest BCUT2D eigenvalue weighted by atomic mass is 9.93. The molecular weight excluding hydrogens is 410 g/mol. The molecule has 1 amide bonds. The number of piperidine rings is 1. The van der Waals surface area contributed by atoms with Crippen molar-refractivity contribution in [3.05, 3.63) is 83.0 Å². The van der Waals surface area contributed by atoms with Crippen LogP contribution >= 0.6 is 0 Å². The summed E-state index contributed by atoms with van der Waals surface area (Å²) in [6.45, 7) is 5.01. The lowest BCUT2D eigenvalue weighted by molar-refractivity contribution is -0.137. The summed E-state index contributed by atoms with van der Waals surface area (Å²) < 4.78 is 0. The van der Waals surface area contributed by atoms with Crippen molar-refractivity contribution in [3.8, 4) is 0 Å². The van der Waals surface area contributed by atoms with Gasteiger partial charge in [0.2, 0.25) is 11.9 Å². The van der Waals surface area contributed by atoms with Crippen molar-refractivity contribution in [2.24, 2.45) is 5.92 Å². The highest BCUT2D eigenvalue weighted by Gasteiger charge is 2.31. The zero-order valence-corrected chi connectivity index (χ0v) is 18.9. The van der Waals surface area contributed by atoms with Crippen molar-refractivity contribution < 1.29 is 4.79 Å². The third-order valence-electron chi connectivity index (χ3n) is 7.36. The van der Waals surface area contributed by atoms with Gasteiger partial charge in [-0.15, -0.1) is 0 Å². The number of hydrogen-bond donors (Lipinski definition) is 0. The predicted molar refractivity (Wildman–Crippen MR) is 129 cm³/mol. The quantitative estimate of drug-likeness (QED) is 0.621. The van der Waals surface area contributed by atoms with Gasteiger partial charge in [-0.2, -0.15) is 4.98 Å². The van der Waals surface area contributed by atoms with Crippen LogP contribution in [0.1, 0.15) is 35.1 Å². The molecule has 0 bridgehead atoms. The van der Waals surface area contributed by atoms with Crippen molar-refractivity contribution in [3.63, 3.8) is 0 Å². The molecule has 6 heteroatoms. The summed E-state index contributed by atoms with van der Waals surface area (Å²) in [6, 6.07) is 19.1. The van der Waals surface area contributed by atoms with E-state index in [1.807, 2.05) is 12.3 Å². The lowest BCUT2D eigenvalue weighted by Gasteiger charge is -2.36. The molecule has 33 heavy (non-hydrogen) atoms. The maximum absolute atomic E-state index is 13.2. The molecule has 0 saturated carbocycles. The number of anilines is 2. The van der Waals surface area contributed by atoms with Gasteiger partial charge in [-0.25, -0.2) is 4.98 Å². The molecule has 1 aromatic heterocycles. The van der Waals surface area contributed by atoms with Crippen LogP contribution in [0.5, 0.6) is 0 Å². The minimum Gasteiger partial charge on any atom is -0.348 e. The summed E-state index contributed by atoms with van der Waals surface area (Å²) in [4.78, 5) is 29.3. The third kappa shape index (κ3) is 3.94. The van der Waals surface area contributed by atoms with Crippen molar-refractivity contribution >= 4 is 17.7 Å². The van der Waals surface area contributed by atoms with Gasteiger partial charge in [-0.3, -0.25) is 4.79 Å². The fraction of sp³-hybridized carbons (Fsp3) is 0.370. The van der Waals surface area contributed by atoms with E-state index < -0.39 is 0 Å². The van der Waals surface area contributed by atoms with Gasteiger partial charge >= 0.3 is 0 Å². The molecule has 3 aliphatic heterocycles. The van der Waals surface area contributed by atoms with Crippen LogP contribution in [0.15, 0.2) is 60.8 Å². The molecule has 2 aromatic carbocycles. The van der Waals surface area contributed by atoms with E-state index in [0.717, 1.165) is 70.3 Å². The van der Waals surface area contributed by atoms with Crippen molar-refractivity contribution in [2.45, 2.75) is 38.9 Å². The van der Waals surface area contributed by atoms with Gasteiger partial charge in [0.15, 0.2) is 0 Å². The van der Waals surface area contributed by atoms with E-state index in [1.165, 1.54) is 22.3 Å². The van der Waals surface area contributed by atoms with Gasteiger partial charge in [-0.1, -0.05) is 48.5 Å². The van der Waals surface area contributed by atoms with Gasteiger partial charge in [0.1, 0.15) is 5.82 Å². The number of amides is 1. The van der Waals surface area contributed by atoms with E-state index in [9.17, 15) is 4.79 Å². The SMILES string of the molecule is O=C(C1CCN(c2nccc(N3Cc4ccccc4C3)n2)CC1)N1CCc2ccccc2C1. The predicted octanol–water partition coefficient (Wildman–Crippen LogP) is 3.80. The average molecular weight is 440 g/mol. The van der Waals surface area contributed by atoms with Crippen LogP contribution in [0.3, 0.4) is 0 Å². The number of benzene rings is 2. The fourth-order valence-electron chi connectivity index (χ4n) is 5.43. The minimum absolute atomic E-state index is 0.0998. The van der Waals surface area contributed by atoms with Gasteiger partial charge < -0.3 is 14.7 Å². The molecule has 6 rings (SSSR count). The Balaban J connectivity index is 1.08. The highest BCUT2D eigenvalue weighted by molar-refractivity contribution is 5.79. The Hall–Kier alpha value is -3.41. The van der Waals surface area contributed by atoms with Crippen molar-refractivity contribution in [1.29, 1.82) is 0 Å². The molecule has 0 aliphatic carbocycles. The second-order valence-electron chi connectivity index (χ2n) is 9.38. The summed E-state index contributed by atoms with van der Waals surface area (Å²) in [7, 11) is 0. The molecule has 3 aliphatic rings. The fourth-order valence-corrected chi connectivity index (χ4v) is 5.43. The van der Waals surface area contributed by atoms with E-state index in [0.29, 0.717) is 5.91 Å². The summed E-state index contributed by atoms with van der Waals surface area (Å²) in [5.74, 6) is 2.17. The van der Waals surface area contributed by atoms with E-state index in [-0.39, 0.29) is 5.92 Å². The zero-order valence-electron chi connectivity index (χ0n) is 18.9. The molecule has 1 saturated heterocycles. The summed E-state index contributed by atoms with van der Waals surface area (Å²) >= 11 is 0. The number of fused-ring (bicyclic) bond motifs is 2. The monoisotopic (exact) mass is 439 g/mol. The Bertz CT molecular complexity index is 1150. The number of nitrogens with zero attached hydrogens (tertiary/aromatic N) is 5. The van der Waals surface area contributed by atoms with E-state index in [1.54, 1.807) is 0 Å². The number of hydrogen-bond acceptors (Lipinski definition) is 5. The standard InChI is InChI=1S/C27H29N5O/c33-26(31-16-10-20-5-1-2-6-22(20)17-31)21-11-14-30(15-12-21)27-28-13-9-25(29-27)32-18-23-7-3-4-8-24(23)19-32/h1-9,13,21H,10-12,14-19H2. The van der Waals surface area contributed by atoms with Crippen LogP contribution in [-0.4, -0.2) is 40.4 Å². The van der Waals surface area contributed by atoms with Crippen LogP contribution in [0.4, 0.5) is 11.8 Å². The normalized spacial score (nSPS) is 18.2. The molecule has 0 N–H and O–H groups in total. The van der Waals surface area contributed by atoms with E-state index in [2.05, 4.69) is 68.2 Å². The Morgan fingerprint density at radius 3 is 2.09 bits per heavy atom. The summed E-state index contributed by atoms with van der Waals surface area (Å²) in [5.41, 5.74) is 5.42. The Labute approximate surface area is 194 Å². The number of aromatic nitrogens is 2. The molecular formula is C27H29N5O. The van der Waals surface area contributed by atoms with Gasteiger partial charge in [0.05, 0.1) is 0 Å². The summed E-state index contributed by atoms with van der Waals surface area (Å²) in [6.07, 6.45) is 4.55. The van der Waals surface area contributed by atoms with Crippen LogP contribution in [0.25, 0.3) is 0 Å². The highest BCUT2D eigenvalue weighted by Crippen LogP contribution is 2.29. The Kier molecular flexibility index (Phi) is 5.21. The third-order valence-corrected chi connectivity index (χ3v) is 7.36. The van der Waals surface area contributed by atoms with Crippen LogP contribution in [0.2, 0.25) is 0 Å². The molecule has 3 aromatic rings.